The van der Waals surface area contributed by atoms with Crippen LogP contribution < -0.4 is 5.32 Å². The van der Waals surface area contributed by atoms with Crippen molar-refractivity contribution in [2.45, 2.75) is 38.2 Å². The Morgan fingerprint density at radius 2 is 2.27 bits per heavy atom. The zero-order valence-electron chi connectivity index (χ0n) is 8.82. The van der Waals surface area contributed by atoms with Crippen molar-refractivity contribution >= 4 is 16.5 Å². The summed E-state index contributed by atoms with van der Waals surface area (Å²) in [6, 6.07) is 0. The minimum atomic E-state index is 0.495. The highest BCUT2D eigenvalue weighted by molar-refractivity contribution is 7.13. The summed E-state index contributed by atoms with van der Waals surface area (Å²) in [4.78, 5) is 0. The van der Waals surface area contributed by atoms with E-state index in [0.717, 1.165) is 18.3 Å². The maximum atomic E-state index is 5.78. The molecule has 84 valence electrons. The predicted octanol–water partition coefficient (Wildman–Crippen LogP) is 2.30. The van der Waals surface area contributed by atoms with E-state index in [1.807, 2.05) is 0 Å². The molecule has 1 heterocycles. The largest absolute Gasteiger partial charge is 0.376 e. The van der Waals surface area contributed by atoms with E-state index in [2.05, 4.69) is 15.5 Å². The van der Waals surface area contributed by atoms with Crippen LogP contribution >= 0.6 is 11.3 Å². The minimum Gasteiger partial charge on any atom is -0.376 e. The van der Waals surface area contributed by atoms with E-state index in [1.165, 1.54) is 43.4 Å². The lowest BCUT2D eigenvalue weighted by atomic mass is 9.98. The minimum absolute atomic E-state index is 0.495. The Labute approximate surface area is 94.1 Å². The molecule has 1 N–H and O–H groups in total. The van der Waals surface area contributed by atoms with Crippen molar-refractivity contribution in [2.75, 3.05) is 18.5 Å². The van der Waals surface area contributed by atoms with Crippen LogP contribution in [0.1, 0.15) is 32.1 Å². The third-order valence-corrected chi connectivity index (χ3v) is 3.29. The molecular weight excluding hydrogens is 210 g/mol. The van der Waals surface area contributed by atoms with Gasteiger partial charge in [0.1, 0.15) is 5.51 Å². The fraction of sp³-hybridized carbons (Fsp3) is 0.800. The second-order valence-electron chi connectivity index (χ2n) is 3.80. The van der Waals surface area contributed by atoms with Crippen LogP contribution in [0, 0.1) is 0 Å². The van der Waals surface area contributed by atoms with Crippen LogP contribution in [-0.2, 0) is 4.74 Å². The second-order valence-corrected chi connectivity index (χ2v) is 4.63. The number of aromatic nitrogens is 2. The van der Waals surface area contributed by atoms with Crippen molar-refractivity contribution in [1.29, 1.82) is 0 Å². The highest BCUT2D eigenvalue weighted by Gasteiger charge is 2.12. The molecule has 0 atom stereocenters. The van der Waals surface area contributed by atoms with Gasteiger partial charge in [-0.3, -0.25) is 0 Å². The van der Waals surface area contributed by atoms with Crippen LogP contribution in [0.2, 0.25) is 0 Å². The summed E-state index contributed by atoms with van der Waals surface area (Å²) >= 11 is 1.52. The van der Waals surface area contributed by atoms with Crippen molar-refractivity contribution in [1.82, 2.24) is 10.2 Å². The molecule has 15 heavy (non-hydrogen) atoms. The summed E-state index contributed by atoms with van der Waals surface area (Å²) in [5, 5.41) is 11.7. The molecule has 4 nitrogen and oxygen atoms in total. The number of nitrogens with one attached hydrogen (secondary N) is 1. The molecule has 2 rings (SSSR count). The quantitative estimate of drug-likeness (QED) is 0.784. The van der Waals surface area contributed by atoms with Crippen molar-refractivity contribution in [3.8, 4) is 0 Å². The average Bonchev–Trinajstić information content (AvgIpc) is 2.79. The first-order valence-electron chi connectivity index (χ1n) is 5.57. The first-order chi connectivity index (χ1) is 7.45. The van der Waals surface area contributed by atoms with Gasteiger partial charge in [-0.25, -0.2) is 0 Å². The fourth-order valence-corrected chi connectivity index (χ4v) is 2.34. The van der Waals surface area contributed by atoms with Crippen LogP contribution in [0.5, 0.6) is 0 Å². The third-order valence-electron chi connectivity index (χ3n) is 2.64. The van der Waals surface area contributed by atoms with Gasteiger partial charge in [0.2, 0.25) is 5.13 Å². The first kappa shape index (κ1) is 10.8. The molecule has 0 aliphatic heterocycles. The number of hydrogen-bond acceptors (Lipinski definition) is 5. The van der Waals surface area contributed by atoms with Crippen molar-refractivity contribution in [2.24, 2.45) is 0 Å². The normalized spacial score (nSPS) is 17.9. The van der Waals surface area contributed by atoms with E-state index in [9.17, 15) is 0 Å². The third kappa shape index (κ3) is 3.76. The van der Waals surface area contributed by atoms with E-state index in [0.29, 0.717) is 6.10 Å². The molecule has 0 unspecified atom stereocenters. The fourth-order valence-electron chi connectivity index (χ4n) is 1.87. The van der Waals surface area contributed by atoms with E-state index in [-0.39, 0.29) is 0 Å². The van der Waals surface area contributed by atoms with Gasteiger partial charge in [0.05, 0.1) is 12.7 Å². The standard InChI is InChI=1S/C10H17N3OS/c1-2-4-9(5-3-1)14-7-6-11-10-13-12-8-15-10/h8-9H,1-7H2,(H,11,13). The number of hydrogen-bond donors (Lipinski definition) is 1. The molecule has 5 heteroatoms. The Balaban J connectivity index is 1.54. The Hall–Kier alpha value is -0.680. The zero-order chi connectivity index (χ0) is 10.3. The van der Waals surface area contributed by atoms with Crippen LogP contribution in [0.3, 0.4) is 0 Å². The number of nitrogens with zero attached hydrogens (tertiary/aromatic N) is 2. The van der Waals surface area contributed by atoms with Gasteiger partial charge in [0, 0.05) is 6.54 Å². The van der Waals surface area contributed by atoms with Gasteiger partial charge < -0.3 is 10.1 Å². The summed E-state index contributed by atoms with van der Waals surface area (Å²) in [6.45, 7) is 1.59. The molecule has 1 fully saturated rings. The van der Waals surface area contributed by atoms with Gasteiger partial charge in [-0.1, -0.05) is 30.6 Å². The van der Waals surface area contributed by atoms with Crippen molar-refractivity contribution in [3.63, 3.8) is 0 Å². The molecule has 1 aromatic heterocycles. The Bertz CT molecular complexity index is 260. The lowest BCUT2D eigenvalue weighted by Gasteiger charge is -2.21. The van der Waals surface area contributed by atoms with Gasteiger partial charge in [-0.15, -0.1) is 10.2 Å². The van der Waals surface area contributed by atoms with Crippen LogP contribution in [0.15, 0.2) is 5.51 Å². The Morgan fingerprint density at radius 3 is 3.00 bits per heavy atom. The lowest BCUT2D eigenvalue weighted by molar-refractivity contribution is 0.0347. The maximum Gasteiger partial charge on any atom is 0.205 e. The summed E-state index contributed by atoms with van der Waals surface area (Å²) in [7, 11) is 0. The highest BCUT2D eigenvalue weighted by Crippen LogP contribution is 2.20. The number of ether oxygens (including phenoxy) is 1. The molecule has 0 amide bonds. The van der Waals surface area contributed by atoms with Crippen LogP contribution in [0.25, 0.3) is 0 Å². The van der Waals surface area contributed by atoms with Gasteiger partial charge in [-0.2, -0.15) is 0 Å². The summed E-state index contributed by atoms with van der Waals surface area (Å²) in [5.74, 6) is 0. The molecule has 0 bridgehead atoms. The van der Waals surface area contributed by atoms with Gasteiger partial charge in [0.25, 0.3) is 0 Å². The molecule has 1 aromatic rings. The SMILES string of the molecule is c1nnc(NCCOC2CCCCC2)s1. The first-order valence-corrected chi connectivity index (χ1v) is 6.45. The molecule has 1 aliphatic rings. The van der Waals surface area contributed by atoms with Crippen LogP contribution in [0.4, 0.5) is 5.13 Å². The monoisotopic (exact) mass is 227 g/mol. The van der Waals surface area contributed by atoms with Crippen LogP contribution in [-0.4, -0.2) is 29.5 Å². The average molecular weight is 227 g/mol. The van der Waals surface area contributed by atoms with E-state index >= 15 is 0 Å². The molecular formula is C10H17N3OS. The van der Waals surface area contributed by atoms with Gasteiger partial charge in [-0.05, 0) is 12.8 Å². The van der Waals surface area contributed by atoms with Crippen molar-refractivity contribution < 1.29 is 4.74 Å². The smallest absolute Gasteiger partial charge is 0.205 e. The zero-order valence-corrected chi connectivity index (χ0v) is 9.63. The highest BCUT2D eigenvalue weighted by atomic mass is 32.1. The molecule has 0 radical (unpaired) electrons. The number of anilines is 1. The van der Waals surface area contributed by atoms with Crippen molar-refractivity contribution in [3.05, 3.63) is 5.51 Å². The lowest BCUT2D eigenvalue weighted by Crippen LogP contribution is -2.20. The van der Waals surface area contributed by atoms with Gasteiger partial charge >= 0.3 is 0 Å². The van der Waals surface area contributed by atoms with E-state index in [4.69, 9.17) is 4.74 Å². The molecule has 0 spiro atoms. The Morgan fingerprint density at radius 1 is 1.40 bits per heavy atom. The molecule has 1 aliphatic carbocycles. The number of rotatable bonds is 5. The Kier molecular flexibility index (Phi) is 4.35. The van der Waals surface area contributed by atoms with Gasteiger partial charge in [0.15, 0.2) is 0 Å². The summed E-state index contributed by atoms with van der Waals surface area (Å²) in [6.07, 6.45) is 7.00. The van der Waals surface area contributed by atoms with E-state index < -0.39 is 0 Å². The van der Waals surface area contributed by atoms with E-state index in [1.54, 1.807) is 5.51 Å². The molecule has 1 saturated carbocycles. The summed E-state index contributed by atoms with van der Waals surface area (Å²) in [5.41, 5.74) is 1.73. The molecule has 0 aromatic carbocycles. The summed E-state index contributed by atoms with van der Waals surface area (Å²) < 4.78 is 5.78. The maximum absolute atomic E-state index is 5.78. The predicted molar refractivity (Wildman–Crippen MR) is 61.2 cm³/mol. The second kappa shape index (κ2) is 6.02. The molecule has 0 saturated heterocycles. The topological polar surface area (TPSA) is 47.0 Å².